The summed E-state index contributed by atoms with van der Waals surface area (Å²) in [6.45, 7) is 16.6. The van der Waals surface area contributed by atoms with Crippen LogP contribution in [0.1, 0.15) is 45.3 Å². The maximum atomic E-state index is 6.11. The van der Waals surface area contributed by atoms with Crippen molar-refractivity contribution < 1.29 is 17.7 Å². The molecule has 149 heavy (non-hydrogen) atoms. The number of furan rings is 4. The average molecular weight is 1920 g/mol. The van der Waals surface area contributed by atoms with Crippen molar-refractivity contribution in [3.63, 3.8) is 0 Å². The average Bonchev–Trinajstić information content (AvgIpc) is 1.57. The molecular formula is C134H95N11O4. The Balaban J connectivity index is 0.0000000981. The predicted octanol–water partition coefficient (Wildman–Crippen LogP) is 35.2. The molecule has 0 bridgehead atoms. The van der Waals surface area contributed by atoms with Gasteiger partial charge in [-0.2, -0.15) is 0 Å². The van der Waals surface area contributed by atoms with Crippen molar-refractivity contribution in [1.82, 2.24) is 52.7 Å². The second-order valence-electron chi connectivity index (χ2n) is 38.6. The molecule has 15 nitrogen and oxygen atoms in total. The number of nitrogens with zero attached hydrogens (tertiary/aromatic N) is 11. The molecule has 12 aromatic heterocycles. The van der Waals surface area contributed by atoms with Gasteiger partial charge >= 0.3 is 0 Å². The molecule has 0 aliphatic rings. The van der Waals surface area contributed by atoms with Crippen molar-refractivity contribution in [2.45, 2.75) is 55.4 Å². The zero-order valence-corrected chi connectivity index (χ0v) is 83.0. The Morgan fingerprint density at radius 1 is 0.174 bits per heavy atom. The summed E-state index contributed by atoms with van der Waals surface area (Å²) in [4.78, 5) is 30.2. The van der Waals surface area contributed by atoms with E-state index in [9.17, 15) is 0 Å². The van der Waals surface area contributed by atoms with E-state index in [4.69, 9.17) is 47.6 Å². The van der Waals surface area contributed by atoms with Crippen LogP contribution in [0.2, 0.25) is 0 Å². The number of aromatic nitrogens is 11. The van der Waals surface area contributed by atoms with Crippen LogP contribution in [0, 0.1) is 55.4 Å². The summed E-state index contributed by atoms with van der Waals surface area (Å²) in [6.07, 6.45) is 0. The molecule has 0 aliphatic heterocycles. The molecule has 710 valence electrons. The lowest BCUT2D eigenvalue weighted by atomic mass is 10.0. The molecule has 0 atom stereocenters. The Morgan fingerprint density at radius 3 is 0.933 bits per heavy atom. The number of fused-ring (bicyclic) bond motifs is 20. The van der Waals surface area contributed by atoms with Gasteiger partial charge in [-0.25, -0.2) is 29.9 Å². The smallest absolute Gasteiger partial charge is 0.235 e. The standard InChI is InChI=1S/C37H26N4O.C34H24N2O.C33H24N2O.C30H21N3O/c1-23-24(2)42-34-22-31-29-18-9-10-19-32(29)41(33(31)21-30(23)34)28-17-11-16-27(20-28)37-39-35(25-12-5-3-6-13-25)38-36(40-37)26-14-7-4-8-15-26;1-21-22(2)37-34-20-29-26-13-7-9-15-31(26)36(33(29)19-27(21)34)24-16-17-32-28(18-24)25-12-6-8-14-30(25)35(32)23-10-4-3-5-11-23;1-21-22(2)36-32-20-28-26-15-9-10-16-30(26)35(31(28)19-27(21)32)33-18-25(23-11-5-3-6-12-23)17-29(34-33)24-13-7-4-8-14-24;1-18-19(2)34-28-17-24-21-12-7-9-15-26(21)33(27(24)16-23(18)28)30-31-25-14-8-6-13-22(25)29(32-30)20-10-4-3-5-11-20/h3-22H,1-2H3;3-20H,1-2H3;3-20H,1-2H3;3-17H,1-2H3. The van der Waals surface area contributed by atoms with Crippen molar-refractivity contribution in [1.29, 1.82) is 0 Å². The third kappa shape index (κ3) is 15.1. The van der Waals surface area contributed by atoms with E-state index in [1.807, 2.05) is 125 Å². The quantitative estimate of drug-likeness (QED) is 0.122. The van der Waals surface area contributed by atoms with Gasteiger partial charge in [0, 0.05) is 126 Å². The normalized spacial score (nSPS) is 11.8. The van der Waals surface area contributed by atoms with Gasteiger partial charge in [0.05, 0.1) is 72.1 Å². The SMILES string of the molecule is Cc1oc2cc3c4ccccc4n(-c4cc(-c5ccccc5)cc(-c5ccccc5)n4)c3cc2c1C.Cc1oc2cc3c4ccccc4n(-c4ccc5c(c4)c4ccccc4n5-c4ccccc4)c3cc2c1C.Cc1oc2cc3c4ccccc4n(-c4cccc(-c5nc(-c6ccccc6)nc(-c6ccccc6)n5)c4)c3cc2c1C.Cc1oc2cc3c4ccccc4n(-c4nc(-c5ccccc5)c5ccccc5n4)c3cc2c1C. The molecule has 0 radical (unpaired) electrons. The number of rotatable bonds is 11. The zero-order chi connectivity index (χ0) is 99.9. The largest absolute Gasteiger partial charge is 0.461 e. The van der Waals surface area contributed by atoms with E-state index in [-0.39, 0.29) is 0 Å². The molecule has 12 heterocycles. The third-order valence-electron chi connectivity index (χ3n) is 29.9. The molecular weight excluding hydrogens is 1830 g/mol. The van der Waals surface area contributed by atoms with Crippen molar-refractivity contribution in [3.05, 3.63) is 476 Å². The van der Waals surface area contributed by atoms with Gasteiger partial charge < -0.3 is 31.4 Å². The van der Waals surface area contributed by atoms with Crippen LogP contribution in [0.15, 0.2) is 448 Å². The minimum absolute atomic E-state index is 0.633. The molecule has 0 spiro atoms. The lowest BCUT2D eigenvalue weighted by Gasteiger charge is -2.13. The second-order valence-corrected chi connectivity index (χ2v) is 38.6. The van der Waals surface area contributed by atoms with E-state index >= 15 is 0 Å². The topological polar surface area (TPSA) is 155 Å². The highest BCUT2D eigenvalue weighted by Gasteiger charge is 2.27. The fourth-order valence-corrected chi connectivity index (χ4v) is 22.1. The van der Waals surface area contributed by atoms with Crippen LogP contribution in [0.5, 0.6) is 0 Å². The zero-order valence-electron chi connectivity index (χ0n) is 83.0. The Kier molecular flexibility index (Phi) is 21.3. The summed E-state index contributed by atoms with van der Waals surface area (Å²) >= 11 is 0. The molecule has 0 N–H and O–H groups in total. The van der Waals surface area contributed by atoms with Crippen LogP contribution in [0.3, 0.4) is 0 Å². The minimum atomic E-state index is 0.633. The highest BCUT2D eigenvalue weighted by molar-refractivity contribution is 6.19. The number of aryl methyl sites for hydroxylation is 8. The van der Waals surface area contributed by atoms with Crippen molar-refractivity contribution in [2.24, 2.45) is 0 Å². The Bertz CT molecular complexity index is 10500. The Hall–Kier alpha value is -19.4. The summed E-state index contributed by atoms with van der Waals surface area (Å²) in [5, 5.41) is 17.6. The van der Waals surface area contributed by atoms with Crippen LogP contribution < -0.4 is 0 Å². The first-order valence-electron chi connectivity index (χ1n) is 50.4. The van der Waals surface area contributed by atoms with E-state index < -0.39 is 0 Å². The Labute approximate surface area is 856 Å². The third-order valence-corrected chi connectivity index (χ3v) is 29.9. The van der Waals surface area contributed by atoms with E-state index in [0.29, 0.717) is 23.4 Å². The van der Waals surface area contributed by atoms with Crippen molar-refractivity contribution in [3.8, 4) is 96.6 Å². The van der Waals surface area contributed by atoms with Gasteiger partial charge in [-0.15, -0.1) is 0 Å². The fraction of sp³-hybridized carbons (Fsp3) is 0.0597. The van der Waals surface area contributed by atoms with Gasteiger partial charge in [0.1, 0.15) is 51.2 Å². The van der Waals surface area contributed by atoms with Crippen LogP contribution >= 0.6 is 0 Å². The van der Waals surface area contributed by atoms with E-state index in [2.05, 4.69) is 384 Å². The van der Waals surface area contributed by atoms with Crippen LogP contribution in [0.25, 0.3) is 260 Å². The molecule has 18 aromatic carbocycles. The lowest BCUT2D eigenvalue weighted by molar-refractivity contribution is 0.575. The van der Waals surface area contributed by atoms with Gasteiger partial charge in [-0.3, -0.25) is 9.13 Å². The molecule has 0 fully saturated rings. The maximum Gasteiger partial charge on any atom is 0.235 e. The number of hydrogen-bond donors (Lipinski definition) is 0. The van der Waals surface area contributed by atoms with Crippen LogP contribution in [-0.2, 0) is 0 Å². The number of pyridine rings is 1. The molecule has 0 saturated carbocycles. The molecule has 0 saturated heterocycles. The molecule has 0 aliphatic carbocycles. The van der Waals surface area contributed by atoms with Gasteiger partial charge in [0.15, 0.2) is 17.5 Å². The summed E-state index contributed by atoms with van der Waals surface area (Å²) in [7, 11) is 0. The number of para-hydroxylation sites is 7. The second kappa shape index (κ2) is 35.9. The summed E-state index contributed by atoms with van der Waals surface area (Å²) in [5.41, 5.74) is 33.4. The van der Waals surface area contributed by atoms with Crippen LogP contribution in [-0.4, -0.2) is 52.7 Å². The van der Waals surface area contributed by atoms with Crippen molar-refractivity contribution in [2.75, 3.05) is 0 Å². The van der Waals surface area contributed by atoms with Crippen molar-refractivity contribution >= 4 is 164 Å². The molecule has 15 heteroatoms. The highest BCUT2D eigenvalue weighted by atomic mass is 16.3. The van der Waals surface area contributed by atoms with E-state index in [1.54, 1.807) is 0 Å². The summed E-state index contributed by atoms with van der Waals surface area (Å²) in [5.74, 6) is 7.34. The van der Waals surface area contributed by atoms with E-state index in [1.165, 1.54) is 93.1 Å². The minimum Gasteiger partial charge on any atom is -0.461 e. The fourth-order valence-electron chi connectivity index (χ4n) is 22.1. The highest BCUT2D eigenvalue weighted by Crippen LogP contribution is 2.46. The maximum absolute atomic E-state index is 6.11. The Morgan fingerprint density at radius 2 is 0.490 bits per heavy atom. The van der Waals surface area contributed by atoms with E-state index in [0.717, 1.165) is 189 Å². The molecule has 30 aromatic rings. The molecule has 0 unspecified atom stereocenters. The first-order chi connectivity index (χ1) is 73.2. The van der Waals surface area contributed by atoms with Gasteiger partial charge in [-0.1, -0.05) is 291 Å². The number of hydrogen-bond acceptors (Lipinski definition) is 10. The molecule has 30 rings (SSSR count). The monoisotopic (exact) mass is 1920 g/mol. The van der Waals surface area contributed by atoms with Crippen LogP contribution in [0.4, 0.5) is 0 Å². The summed E-state index contributed by atoms with van der Waals surface area (Å²) < 4.78 is 36.0. The van der Waals surface area contributed by atoms with Gasteiger partial charge in [0.25, 0.3) is 0 Å². The summed E-state index contributed by atoms with van der Waals surface area (Å²) in [6, 6.07) is 151. The van der Waals surface area contributed by atoms with Gasteiger partial charge in [-0.05, 0) is 228 Å². The van der Waals surface area contributed by atoms with Gasteiger partial charge in [0.2, 0.25) is 5.95 Å². The number of benzene rings is 18. The predicted molar refractivity (Wildman–Crippen MR) is 611 cm³/mol. The lowest BCUT2D eigenvalue weighted by Crippen LogP contribution is -2.03. The first-order valence-corrected chi connectivity index (χ1v) is 50.4. The first kappa shape index (κ1) is 88.5. The molecule has 0 amide bonds.